The Kier molecular flexibility index (Phi) is 6.60. The van der Waals surface area contributed by atoms with Crippen LogP contribution in [0.25, 0.3) is 0 Å². The van der Waals surface area contributed by atoms with Gasteiger partial charge in [0.05, 0.1) is 23.8 Å². The number of unbranched alkanes of at least 4 members (excludes halogenated alkanes) is 1. The number of carbonyl (C=O) groups is 2. The Labute approximate surface area is 174 Å². The second-order valence-electron chi connectivity index (χ2n) is 7.15. The molecule has 0 spiro atoms. The number of benzene rings is 1. The fourth-order valence-electron chi connectivity index (χ4n) is 3.84. The zero-order valence-corrected chi connectivity index (χ0v) is 18.1. The summed E-state index contributed by atoms with van der Waals surface area (Å²) in [6.45, 7) is 4.31. The summed E-state index contributed by atoms with van der Waals surface area (Å²) in [4.78, 5) is 25.8. The molecule has 0 saturated heterocycles. The Morgan fingerprint density at radius 1 is 1.32 bits per heavy atom. The second-order valence-corrected chi connectivity index (χ2v) is 8.00. The minimum absolute atomic E-state index is 0.0945. The lowest BCUT2D eigenvalue weighted by Gasteiger charge is -2.34. The lowest BCUT2D eigenvalue weighted by atomic mass is 9.75. The normalized spacial score (nSPS) is 19.3. The minimum Gasteiger partial charge on any atom is -0.496 e. The second kappa shape index (κ2) is 8.95. The van der Waals surface area contributed by atoms with Crippen LogP contribution < -0.4 is 10.1 Å². The van der Waals surface area contributed by atoms with Crippen LogP contribution in [0.2, 0.25) is 0 Å². The van der Waals surface area contributed by atoms with E-state index in [9.17, 15) is 9.59 Å². The van der Waals surface area contributed by atoms with E-state index in [0.29, 0.717) is 29.9 Å². The molecule has 1 N–H and O–H groups in total. The fourth-order valence-corrected chi connectivity index (χ4v) is 4.39. The molecule has 6 heteroatoms. The number of dihydropyridines is 1. The molecule has 5 nitrogen and oxygen atoms in total. The third-order valence-corrected chi connectivity index (χ3v) is 5.86. The number of Topliss-reactive ketones (excluding diaryl/α,β-unsaturated/α-hetero) is 1. The van der Waals surface area contributed by atoms with Crippen LogP contribution in [0.15, 0.2) is 45.2 Å². The van der Waals surface area contributed by atoms with E-state index in [-0.39, 0.29) is 11.8 Å². The van der Waals surface area contributed by atoms with E-state index >= 15 is 0 Å². The van der Waals surface area contributed by atoms with Gasteiger partial charge in [0.25, 0.3) is 0 Å². The van der Waals surface area contributed by atoms with Gasteiger partial charge in [-0.15, -0.1) is 0 Å². The average Bonchev–Trinajstić information content (AvgIpc) is 2.67. The van der Waals surface area contributed by atoms with Crippen molar-refractivity contribution in [3.05, 3.63) is 50.8 Å². The molecule has 1 atom stereocenters. The van der Waals surface area contributed by atoms with Gasteiger partial charge in [0.15, 0.2) is 5.78 Å². The molecule has 28 heavy (non-hydrogen) atoms. The van der Waals surface area contributed by atoms with Crippen molar-refractivity contribution in [2.75, 3.05) is 13.7 Å². The summed E-state index contributed by atoms with van der Waals surface area (Å²) in [5, 5.41) is 3.31. The number of hydrogen-bond acceptors (Lipinski definition) is 5. The SMILES string of the molecule is CCCCOC(=O)C1=C(C)NC2=C(C(=O)CCC2)C1c1ccc(OC)c(Br)c1. The molecule has 1 heterocycles. The highest BCUT2D eigenvalue weighted by Gasteiger charge is 2.39. The summed E-state index contributed by atoms with van der Waals surface area (Å²) in [5.74, 6) is 0.00683. The number of ether oxygens (including phenoxy) is 2. The van der Waals surface area contributed by atoms with Gasteiger partial charge in [-0.3, -0.25) is 4.79 Å². The first-order valence-corrected chi connectivity index (χ1v) is 10.5. The summed E-state index contributed by atoms with van der Waals surface area (Å²) >= 11 is 3.53. The summed E-state index contributed by atoms with van der Waals surface area (Å²) in [6, 6.07) is 5.69. The predicted molar refractivity (Wildman–Crippen MR) is 111 cm³/mol. The van der Waals surface area contributed by atoms with E-state index in [1.165, 1.54) is 0 Å². The molecule has 0 saturated carbocycles. The lowest BCUT2D eigenvalue weighted by molar-refractivity contribution is -0.139. The van der Waals surface area contributed by atoms with Gasteiger partial charge in [-0.25, -0.2) is 4.79 Å². The molecule has 0 radical (unpaired) electrons. The van der Waals surface area contributed by atoms with Crippen LogP contribution in [0.1, 0.15) is 57.4 Å². The summed E-state index contributed by atoms with van der Waals surface area (Å²) in [6.07, 6.45) is 3.91. The highest BCUT2D eigenvalue weighted by molar-refractivity contribution is 9.10. The number of allylic oxidation sites excluding steroid dienone is 3. The Morgan fingerprint density at radius 2 is 2.11 bits per heavy atom. The van der Waals surface area contributed by atoms with Crippen molar-refractivity contribution < 1.29 is 19.1 Å². The first-order chi connectivity index (χ1) is 13.5. The number of nitrogens with one attached hydrogen (secondary N) is 1. The maximum Gasteiger partial charge on any atom is 0.336 e. The molecule has 0 aromatic heterocycles. The van der Waals surface area contributed by atoms with Crippen LogP contribution in [-0.2, 0) is 14.3 Å². The molecule has 3 rings (SSSR count). The highest BCUT2D eigenvalue weighted by atomic mass is 79.9. The van der Waals surface area contributed by atoms with Crippen LogP contribution in [0, 0.1) is 0 Å². The first kappa shape index (κ1) is 20.6. The van der Waals surface area contributed by atoms with E-state index in [0.717, 1.165) is 47.1 Å². The maximum atomic E-state index is 13.0. The molecular weight excluding hydrogens is 422 g/mol. The Morgan fingerprint density at radius 3 is 2.79 bits per heavy atom. The van der Waals surface area contributed by atoms with Gasteiger partial charge < -0.3 is 14.8 Å². The molecule has 0 fully saturated rings. The number of halogens is 1. The van der Waals surface area contributed by atoms with Crippen molar-refractivity contribution in [1.82, 2.24) is 5.32 Å². The molecule has 1 aliphatic carbocycles. The molecule has 1 aliphatic heterocycles. The van der Waals surface area contributed by atoms with E-state index in [1.54, 1.807) is 7.11 Å². The van der Waals surface area contributed by atoms with Gasteiger partial charge >= 0.3 is 5.97 Å². The standard InChI is InChI=1S/C22H26BrNO4/c1-4-5-11-28-22(26)19-13(2)24-16-7-6-8-17(25)21(16)20(19)14-9-10-18(27-3)15(23)12-14/h9-10,12,20,24H,4-8,11H2,1-3H3. The minimum atomic E-state index is -0.430. The van der Waals surface area contributed by atoms with Gasteiger partial charge in [0, 0.05) is 29.3 Å². The number of rotatable bonds is 6. The number of carbonyl (C=O) groups excluding carboxylic acids is 2. The summed E-state index contributed by atoms with van der Waals surface area (Å²) in [7, 11) is 1.61. The van der Waals surface area contributed by atoms with Crippen LogP contribution >= 0.6 is 15.9 Å². The average molecular weight is 448 g/mol. The van der Waals surface area contributed by atoms with E-state index < -0.39 is 5.92 Å². The largest absolute Gasteiger partial charge is 0.496 e. The molecule has 1 aromatic carbocycles. The third kappa shape index (κ3) is 4.02. The lowest BCUT2D eigenvalue weighted by Crippen LogP contribution is -2.34. The van der Waals surface area contributed by atoms with Crippen LogP contribution in [-0.4, -0.2) is 25.5 Å². The van der Waals surface area contributed by atoms with E-state index in [1.807, 2.05) is 25.1 Å². The zero-order valence-electron chi connectivity index (χ0n) is 16.6. The monoisotopic (exact) mass is 447 g/mol. The number of methoxy groups -OCH3 is 1. The van der Waals surface area contributed by atoms with Crippen molar-refractivity contribution in [2.45, 2.75) is 51.9 Å². The summed E-state index contributed by atoms with van der Waals surface area (Å²) in [5.41, 5.74) is 3.76. The first-order valence-electron chi connectivity index (χ1n) is 9.72. The molecule has 0 amide bonds. The molecule has 1 aromatic rings. The summed E-state index contributed by atoms with van der Waals surface area (Å²) < 4.78 is 11.6. The van der Waals surface area contributed by atoms with Gasteiger partial charge in [-0.05, 0) is 59.8 Å². The van der Waals surface area contributed by atoms with Crippen LogP contribution in [0.3, 0.4) is 0 Å². The Bertz CT molecular complexity index is 856. The Balaban J connectivity index is 2.07. The molecule has 1 unspecified atom stereocenters. The van der Waals surface area contributed by atoms with Crippen molar-refractivity contribution in [3.63, 3.8) is 0 Å². The van der Waals surface area contributed by atoms with E-state index in [4.69, 9.17) is 9.47 Å². The van der Waals surface area contributed by atoms with E-state index in [2.05, 4.69) is 28.2 Å². The topological polar surface area (TPSA) is 64.6 Å². The molecular formula is C22H26BrNO4. The molecule has 0 bridgehead atoms. The fraction of sp³-hybridized carbons (Fsp3) is 0.455. The van der Waals surface area contributed by atoms with Crippen LogP contribution in [0.5, 0.6) is 5.75 Å². The third-order valence-electron chi connectivity index (χ3n) is 5.24. The van der Waals surface area contributed by atoms with Gasteiger partial charge in [0.1, 0.15) is 5.75 Å². The van der Waals surface area contributed by atoms with Crippen molar-refractivity contribution in [3.8, 4) is 5.75 Å². The molecule has 2 aliphatic rings. The maximum absolute atomic E-state index is 13.0. The molecule has 150 valence electrons. The highest BCUT2D eigenvalue weighted by Crippen LogP contribution is 2.43. The van der Waals surface area contributed by atoms with Gasteiger partial charge in [-0.1, -0.05) is 19.4 Å². The van der Waals surface area contributed by atoms with Crippen molar-refractivity contribution in [1.29, 1.82) is 0 Å². The number of esters is 1. The smallest absolute Gasteiger partial charge is 0.336 e. The predicted octanol–water partition coefficient (Wildman–Crippen LogP) is 4.77. The van der Waals surface area contributed by atoms with Crippen molar-refractivity contribution >= 4 is 27.7 Å². The number of hydrogen-bond donors (Lipinski definition) is 1. The van der Waals surface area contributed by atoms with Crippen molar-refractivity contribution in [2.24, 2.45) is 0 Å². The van der Waals surface area contributed by atoms with Crippen LogP contribution in [0.4, 0.5) is 0 Å². The number of ketones is 1. The van der Waals surface area contributed by atoms with Gasteiger partial charge in [0.2, 0.25) is 0 Å². The zero-order chi connectivity index (χ0) is 20.3. The van der Waals surface area contributed by atoms with Gasteiger partial charge in [-0.2, -0.15) is 0 Å². The quantitative estimate of drug-likeness (QED) is 0.502. The Hall–Kier alpha value is -2.08.